The number of fused-ring (bicyclic) bond motifs is 4. The molecule has 10 heteroatoms. The van der Waals surface area contributed by atoms with Crippen molar-refractivity contribution in [1.82, 2.24) is 15.3 Å². The molecule has 2 bridgehead atoms. The highest BCUT2D eigenvalue weighted by molar-refractivity contribution is 7.23. The van der Waals surface area contributed by atoms with E-state index in [4.69, 9.17) is 17.3 Å². The molecule has 4 heterocycles. The van der Waals surface area contributed by atoms with E-state index in [1.807, 2.05) is 6.07 Å². The highest BCUT2D eigenvalue weighted by atomic mass is 35.5. The van der Waals surface area contributed by atoms with Crippen LogP contribution in [0.4, 0.5) is 19.6 Å². The lowest BCUT2D eigenvalue weighted by Crippen LogP contribution is -2.52. The van der Waals surface area contributed by atoms with E-state index in [1.165, 1.54) is 18.5 Å². The van der Waals surface area contributed by atoms with Gasteiger partial charge in [-0.15, -0.1) is 11.3 Å². The monoisotopic (exact) mass is 482 g/mol. The predicted molar refractivity (Wildman–Crippen MR) is 127 cm³/mol. The molecule has 2 aliphatic rings. The Hall–Kier alpha value is -3.06. The molecule has 2 fully saturated rings. The summed E-state index contributed by atoms with van der Waals surface area (Å²) in [6.07, 6.45) is 3.45. The highest BCUT2D eigenvalue weighted by Crippen LogP contribution is 2.46. The Labute approximate surface area is 196 Å². The lowest BCUT2D eigenvalue weighted by Gasteiger charge is -2.36. The molecule has 0 saturated carbocycles. The van der Waals surface area contributed by atoms with Crippen LogP contribution in [0.5, 0.6) is 0 Å². The Kier molecular flexibility index (Phi) is 4.66. The minimum atomic E-state index is -0.634. The molecule has 2 atom stereocenters. The van der Waals surface area contributed by atoms with Crippen LogP contribution in [0.25, 0.3) is 32.1 Å². The zero-order chi connectivity index (χ0) is 22.9. The number of nitrogens with one attached hydrogen (secondary N) is 1. The van der Waals surface area contributed by atoms with Gasteiger partial charge in [-0.3, -0.25) is 0 Å². The van der Waals surface area contributed by atoms with Gasteiger partial charge < -0.3 is 16.0 Å². The Balaban J connectivity index is 1.62. The molecule has 2 aromatic carbocycles. The fourth-order valence-corrected chi connectivity index (χ4v) is 6.45. The molecule has 0 amide bonds. The van der Waals surface area contributed by atoms with Gasteiger partial charge in [0.25, 0.3) is 0 Å². The summed E-state index contributed by atoms with van der Waals surface area (Å²) in [6.45, 7) is 1.70. The summed E-state index contributed by atoms with van der Waals surface area (Å²) in [5.74, 6) is -0.489. The number of hydrogen-bond donors (Lipinski definition) is 2. The van der Waals surface area contributed by atoms with E-state index < -0.39 is 11.6 Å². The van der Waals surface area contributed by atoms with Gasteiger partial charge in [0, 0.05) is 41.5 Å². The molecule has 0 aliphatic carbocycles. The summed E-state index contributed by atoms with van der Waals surface area (Å²) >= 11 is 7.61. The first-order chi connectivity index (χ1) is 16.0. The molecule has 2 aromatic heterocycles. The van der Waals surface area contributed by atoms with Crippen LogP contribution in [0.15, 0.2) is 24.5 Å². The van der Waals surface area contributed by atoms with Gasteiger partial charge in [-0.2, -0.15) is 5.26 Å². The number of anilines is 2. The normalized spacial score (nSPS) is 20.0. The van der Waals surface area contributed by atoms with Crippen LogP contribution in [0, 0.1) is 23.0 Å². The van der Waals surface area contributed by atoms with Gasteiger partial charge in [-0.05, 0) is 30.5 Å². The Morgan fingerprint density at radius 3 is 2.70 bits per heavy atom. The number of nitrogens with zero attached hydrogens (tertiary/aromatic N) is 4. The van der Waals surface area contributed by atoms with Crippen molar-refractivity contribution in [3.63, 3.8) is 0 Å². The van der Waals surface area contributed by atoms with E-state index in [9.17, 15) is 9.65 Å². The van der Waals surface area contributed by atoms with Crippen LogP contribution in [0.1, 0.15) is 18.4 Å². The minimum absolute atomic E-state index is 0.0661. The van der Waals surface area contributed by atoms with Crippen LogP contribution >= 0.6 is 22.9 Å². The predicted octanol–water partition coefficient (Wildman–Crippen LogP) is 4.84. The molecular weight excluding hydrogens is 466 g/mol. The number of thiophene rings is 1. The number of nitriles is 1. The average molecular weight is 483 g/mol. The zero-order valence-corrected chi connectivity index (χ0v) is 18.8. The number of aromatic nitrogens is 2. The van der Waals surface area contributed by atoms with Gasteiger partial charge >= 0.3 is 0 Å². The second kappa shape index (κ2) is 7.48. The molecule has 2 saturated heterocycles. The van der Waals surface area contributed by atoms with Crippen LogP contribution < -0.4 is 16.0 Å². The fourth-order valence-electron chi connectivity index (χ4n) is 5.20. The number of rotatable bonds is 2. The third kappa shape index (κ3) is 2.91. The van der Waals surface area contributed by atoms with Crippen molar-refractivity contribution < 1.29 is 8.78 Å². The molecule has 2 unspecified atom stereocenters. The first-order valence-electron chi connectivity index (χ1n) is 10.5. The smallest absolute Gasteiger partial charge is 0.158 e. The van der Waals surface area contributed by atoms with Crippen molar-refractivity contribution in [2.24, 2.45) is 0 Å². The van der Waals surface area contributed by atoms with E-state index in [0.717, 1.165) is 37.3 Å². The van der Waals surface area contributed by atoms with E-state index >= 15 is 4.39 Å². The Morgan fingerprint density at radius 1 is 1.21 bits per heavy atom. The largest absolute Gasteiger partial charge is 0.389 e. The zero-order valence-electron chi connectivity index (χ0n) is 17.2. The SMILES string of the molecule is N#Cc1c(N)sc2c(F)ccc(-c3c(Cl)cc4c(N5C6CCC5CNC6)ncnc4c3F)c12. The van der Waals surface area contributed by atoms with E-state index in [2.05, 4.69) is 20.2 Å². The first kappa shape index (κ1) is 20.5. The number of halogens is 3. The molecule has 6 nitrogen and oxygen atoms in total. The van der Waals surface area contributed by atoms with Crippen molar-refractivity contribution in [2.75, 3.05) is 23.7 Å². The van der Waals surface area contributed by atoms with Gasteiger partial charge in [-0.1, -0.05) is 17.7 Å². The summed E-state index contributed by atoms with van der Waals surface area (Å²) in [5, 5.41) is 14.1. The summed E-state index contributed by atoms with van der Waals surface area (Å²) in [6, 6.07) is 6.92. The summed E-state index contributed by atoms with van der Waals surface area (Å²) < 4.78 is 30.7. The molecule has 0 radical (unpaired) electrons. The number of hydrogen-bond acceptors (Lipinski definition) is 7. The molecule has 4 aromatic rings. The third-order valence-corrected chi connectivity index (χ3v) is 7.95. The number of piperazine rings is 1. The lowest BCUT2D eigenvalue weighted by molar-refractivity contribution is 0.482. The third-order valence-electron chi connectivity index (χ3n) is 6.62. The van der Waals surface area contributed by atoms with Gasteiger partial charge in [0.2, 0.25) is 0 Å². The Morgan fingerprint density at radius 2 is 1.97 bits per heavy atom. The maximum Gasteiger partial charge on any atom is 0.158 e. The first-order valence-corrected chi connectivity index (χ1v) is 11.7. The van der Waals surface area contributed by atoms with Crippen LogP contribution in [0.3, 0.4) is 0 Å². The maximum absolute atomic E-state index is 16.0. The van der Waals surface area contributed by atoms with E-state index in [-0.39, 0.29) is 48.8 Å². The Bertz CT molecular complexity index is 1480. The number of nitrogen functional groups attached to an aromatic ring is 1. The molecular formula is C23H17ClF2N6S. The second-order valence-electron chi connectivity index (χ2n) is 8.34. The summed E-state index contributed by atoms with van der Waals surface area (Å²) in [5.41, 5.74) is 6.57. The van der Waals surface area contributed by atoms with Crippen LogP contribution in [-0.2, 0) is 0 Å². The van der Waals surface area contributed by atoms with Crippen molar-refractivity contribution in [1.29, 1.82) is 5.26 Å². The average Bonchev–Trinajstić information content (AvgIpc) is 3.27. The minimum Gasteiger partial charge on any atom is -0.389 e. The molecule has 166 valence electrons. The molecule has 3 N–H and O–H groups in total. The number of benzene rings is 2. The van der Waals surface area contributed by atoms with Gasteiger partial charge in [-0.25, -0.2) is 18.7 Å². The van der Waals surface area contributed by atoms with Crippen molar-refractivity contribution in [3.05, 3.63) is 46.7 Å². The highest BCUT2D eigenvalue weighted by Gasteiger charge is 2.38. The standard InChI is InChI=1S/C23H17ClF2N6S/c24-15-5-13-20(30-9-31-23(13)32-10-1-2-11(32)8-29-7-10)19(26)18(15)12-3-4-16(25)21-17(12)14(6-27)22(28)33-21/h3-5,9-11,29H,1-2,7-8,28H2. The van der Waals surface area contributed by atoms with E-state index in [0.29, 0.717) is 16.8 Å². The molecule has 6 rings (SSSR count). The van der Waals surface area contributed by atoms with Gasteiger partial charge in [0.1, 0.15) is 34.5 Å². The molecule has 33 heavy (non-hydrogen) atoms. The lowest BCUT2D eigenvalue weighted by atomic mass is 9.97. The quantitative estimate of drug-likeness (QED) is 0.425. The summed E-state index contributed by atoms with van der Waals surface area (Å²) in [4.78, 5) is 11.0. The van der Waals surface area contributed by atoms with Crippen molar-refractivity contribution in [2.45, 2.75) is 24.9 Å². The number of nitrogens with two attached hydrogens (primary N) is 1. The van der Waals surface area contributed by atoms with Crippen molar-refractivity contribution in [3.8, 4) is 17.2 Å². The van der Waals surface area contributed by atoms with Gasteiger partial charge in [0.05, 0.1) is 15.3 Å². The van der Waals surface area contributed by atoms with Gasteiger partial charge in [0.15, 0.2) is 5.82 Å². The maximum atomic E-state index is 16.0. The fraction of sp³-hybridized carbons (Fsp3) is 0.261. The topological polar surface area (TPSA) is 90.9 Å². The van der Waals surface area contributed by atoms with Crippen LogP contribution in [-0.4, -0.2) is 35.1 Å². The molecule has 0 spiro atoms. The molecule has 2 aliphatic heterocycles. The summed E-state index contributed by atoms with van der Waals surface area (Å²) in [7, 11) is 0. The van der Waals surface area contributed by atoms with Crippen LogP contribution in [0.2, 0.25) is 5.02 Å². The van der Waals surface area contributed by atoms with E-state index in [1.54, 1.807) is 6.07 Å². The second-order valence-corrected chi connectivity index (χ2v) is 9.80. The van der Waals surface area contributed by atoms with Crippen molar-refractivity contribution >= 4 is 54.7 Å².